The average Bonchev–Trinajstić information content (AvgIpc) is 2.48. The molecule has 0 radical (unpaired) electrons. The summed E-state index contributed by atoms with van der Waals surface area (Å²) in [6.07, 6.45) is 3.32. The van der Waals surface area contributed by atoms with E-state index in [2.05, 4.69) is 4.98 Å². The molecule has 0 atom stereocenters. The number of nitrogens with zero attached hydrogens (tertiary/aromatic N) is 2. The Morgan fingerprint density at radius 1 is 1.24 bits per heavy atom. The largest absolute Gasteiger partial charge is 0.264 e. The van der Waals surface area contributed by atoms with Crippen LogP contribution in [0, 0.1) is 6.92 Å². The van der Waals surface area contributed by atoms with Crippen molar-refractivity contribution in [1.29, 1.82) is 0 Å². The van der Waals surface area contributed by atoms with E-state index < -0.39 is 10.0 Å². The monoisotopic (exact) mass is 324 g/mol. The van der Waals surface area contributed by atoms with Crippen LogP contribution >= 0.6 is 11.6 Å². The van der Waals surface area contributed by atoms with Crippen molar-refractivity contribution in [3.05, 3.63) is 59.4 Å². The molecule has 0 aliphatic carbocycles. The van der Waals surface area contributed by atoms with Gasteiger partial charge in [0.2, 0.25) is 10.0 Å². The molecule has 0 fully saturated rings. The first-order valence-corrected chi connectivity index (χ1v) is 8.43. The van der Waals surface area contributed by atoms with E-state index >= 15 is 0 Å². The van der Waals surface area contributed by atoms with E-state index in [0.29, 0.717) is 10.5 Å². The molecule has 0 spiro atoms. The maximum absolute atomic E-state index is 12.7. The quantitative estimate of drug-likeness (QED) is 0.794. The van der Waals surface area contributed by atoms with Gasteiger partial charge >= 0.3 is 0 Å². The second-order valence-electron chi connectivity index (χ2n) is 4.86. The molecule has 0 unspecified atom stereocenters. The topological polar surface area (TPSA) is 50.3 Å². The van der Waals surface area contributed by atoms with Gasteiger partial charge in [0.05, 0.1) is 4.90 Å². The van der Waals surface area contributed by atoms with Gasteiger partial charge in [-0.15, -0.1) is 11.6 Å². The molecule has 0 aliphatic heterocycles. The summed E-state index contributed by atoms with van der Waals surface area (Å²) in [7, 11) is -1.99. The van der Waals surface area contributed by atoms with Crippen LogP contribution in [0.4, 0.5) is 0 Å². The highest BCUT2D eigenvalue weighted by Crippen LogP contribution is 2.22. The standard InChI is InChI=1S/C15H17ClN2O2S/c1-12-5-6-13(9-16)8-15(12)21(19,20)18(2)11-14-4-3-7-17-10-14/h3-8,10H,9,11H2,1-2H3. The normalized spacial score (nSPS) is 11.8. The molecule has 112 valence electrons. The fourth-order valence-corrected chi connectivity index (χ4v) is 3.60. The molecule has 0 aliphatic rings. The fourth-order valence-electron chi connectivity index (χ4n) is 2.01. The summed E-state index contributed by atoms with van der Waals surface area (Å²) >= 11 is 5.79. The maximum atomic E-state index is 12.7. The summed E-state index contributed by atoms with van der Waals surface area (Å²) in [5.41, 5.74) is 2.34. The van der Waals surface area contributed by atoms with Crippen LogP contribution in [0.2, 0.25) is 0 Å². The summed E-state index contributed by atoms with van der Waals surface area (Å²) < 4.78 is 26.7. The van der Waals surface area contributed by atoms with E-state index in [1.165, 1.54) is 4.31 Å². The Balaban J connectivity index is 2.33. The van der Waals surface area contributed by atoms with E-state index in [9.17, 15) is 8.42 Å². The van der Waals surface area contributed by atoms with E-state index in [0.717, 1.165) is 11.1 Å². The van der Waals surface area contributed by atoms with Crippen LogP contribution in [0.3, 0.4) is 0 Å². The van der Waals surface area contributed by atoms with Crippen LogP contribution in [0.15, 0.2) is 47.6 Å². The molecular weight excluding hydrogens is 308 g/mol. The van der Waals surface area contributed by atoms with Crippen molar-refractivity contribution in [2.75, 3.05) is 7.05 Å². The van der Waals surface area contributed by atoms with E-state index in [1.807, 2.05) is 12.1 Å². The second kappa shape index (κ2) is 6.56. The first kappa shape index (κ1) is 15.9. The highest BCUT2D eigenvalue weighted by molar-refractivity contribution is 7.89. The molecular formula is C15H17ClN2O2S. The van der Waals surface area contributed by atoms with Gasteiger partial charge in [-0.25, -0.2) is 8.42 Å². The predicted octanol–water partition coefficient (Wildman–Crippen LogP) is 2.95. The van der Waals surface area contributed by atoms with Crippen LogP contribution in [-0.2, 0) is 22.4 Å². The van der Waals surface area contributed by atoms with Crippen molar-refractivity contribution in [1.82, 2.24) is 9.29 Å². The first-order chi connectivity index (χ1) is 9.95. The molecule has 2 rings (SSSR count). The van der Waals surface area contributed by atoms with Crippen molar-refractivity contribution in [3.8, 4) is 0 Å². The molecule has 1 aromatic carbocycles. The van der Waals surface area contributed by atoms with E-state index in [-0.39, 0.29) is 12.4 Å². The third-order valence-electron chi connectivity index (χ3n) is 3.22. The number of alkyl halides is 1. The van der Waals surface area contributed by atoms with Gasteiger partial charge < -0.3 is 0 Å². The SMILES string of the molecule is Cc1ccc(CCl)cc1S(=O)(=O)N(C)Cc1cccnc1. The van der Waals surface area contributed by atoms with Crippen molar-refractivity contribution >= 4 is 21.6 Å². The third kappa shape index (κ3) is 3.61. The molecule has 4 nitrogen and oxygen atoms in total. The second-order valence-corrected chi connectivity index (χ2v) is 7.14. The number of aryl methyl sites for hydroxylation is 1. The van der Waals surface area contributed by atoms with Crippen molar-refractivity contribution in [2.24, 2.45) is 0 Å². The fraction of sp³-hybridized carbons (Fsp3) is 0.267. The molecule has 21 heavy (non-hydrogen) atoms. The minimum Gasteiger partial charge on any atom is -0.264 e. The summed E-state index contributed by atoms with van der Waals surface area (Å²) in [4.78, 5) is 4.30. The van der Waals surface area contributed by atoms with Gasteiger partial charge in [0.15, 0.2) is 0 Å². The minimum atomic E-state index is -3.55. The molecule has 0 amide bonds. The Bertz CT molecular complexity index is 718. The van der Waals surface area contributed by atoms with Crippen LogP contribution in [0.25, 0.3) is 0 Å². The summed E-state index contributed by atoms with van der Waals surface area (Å²) in [6, 6.07) is 8.89. The van der Waals surface area contributed by atoms with Crippen LogP contribution in [-0.4, -0.2) is 24.8 Å². The van der Waals surface area contributed by atoms with Crippen molar-refractivity contribution in [2.45, 2.75) is 24.2 Å². The van der Waals surface area contributed by atoms with E-state index in [4.69, 9.17) is 11.6 Å². The van der Waals surface area contributed by atoms with Gasteiger partial charge in [-0.2, -0.15) is 4.31 Å². The Hall–Kier alpha value is -1.43. The van der Waals surface area contributed by atoms with Crippen molar-refractivity contribution < 1.29 is 8.42 Å². The Morgan fingerprint density at radius 2 is 2.00 bits per heavy atom. The number of rotatable bonds is 5. The lowest BCUT2D eigenvalue weighted by molar-refractivity contribution is 0.465. The van der Waals surface area contributed by atoms with Gasteiger partial charge in [-0.1, -0.05) is 18.2 Å². The Labute approximate surface area is 130 Å². The molecule has 2 aromatic rings. The number of sulfonamides is 1. The van der Waals surface area contributed by atoms with Gasteiger partial charge in [-0.05, 0) is 35.7 Å². The van der Waals surface area contributed by atoms with E-state index in [1.54, 1.807) is 44.6 Å². The molecule has 0 saturated heterocycles. The first-order valence-electron chi connectivity index (χ1n) is 6.46. The molecule has 6 heteroatoms. The minimum absolute atomic E-state index is 0.278. The summed E-state index contributed by atoms with van der Waals surface area (Å²) in [5, 5.41) is 0. The van der Waals surface area contributed by atoms with Crippen LogP contribution < -0.4 is 0 Å². The zero-order chi connectivity index (χ0) is 15.5. The lowest BCUT2D eigenvalue weighted by Crippen LogP contribution is -2.27. The smallest absolute Gasteiger partial charge is 0.243 e. The summed E-state index contributed by atoms with van der Waals surface area (Å²) in [6.45, 7) is 2.06. The Kier molecular flexibility index (Phi) is 4.98. The molecule has 0 N–H and O–H groups in total. The average molecular weight is 325 g/mol. The number of pyridine rings is 1. The van der Waals surface area contributed by atoms with Crippen LogP contribution in [0.1, 0.15) is 16.7 Å². The number of halogens is 1. The van der Waals surface area contributed by atoms with Crippen LogP contribution in [0.5, 0.6) is 0 Å². The molecule has 0 bridgehead atoms. The lowest BCUT2D eigenvalue weighted by atomic mass is 10.2. The highest BCUT2D eigenvalue weighted by atomic mass is 35.5. The zero-order valence-electron chi connectivity index (χ0n) is 12.0. The number of hydrogen-bond acceptors (Lipinski definition) is 3. The van der Waals surface area contributed by atoms with Crippen molar-refractivity contribution in [3.63, 3.8) is 0 Å². The van der Waals surface area contributed by atoms with Gasteiger partial charge in [0, 0.05) is 31.9 Å². The molecule has 1 heterocycles. The molecule has 0 saturated carbocycles. The molecule has 1 aromatic heterocycles. The number of hydrogen-bond donors (Lipinski definition) is 0. The zero-order valence-corrected chi connectivity index (χ0v) is 13.5. The summed E-state index contributed by atoms with van der Waals surface area (Å²) in [5.74, 6) is 0.287. The van der Waals surface area contributed by atoms with Gasteiger partial charge in [-0.3, -0.25) is 4.98 Å². The third-order valence-corrected chi connectivity index (χ3v) is 5.48. The number of aromatic nitrogens is 1. The maximum Gasteiger partial charge on any atom is 0.243 e. The highest BCUT2D eigenvalue weighted by Gasteiger charge is 2.23. The number of benzene rings is 1. The predicted molar refractivity (Wildman–Crippen MR) is 83.6 cm³/mol. The Morgan fingerprint density at radius 3 is 2.62 bits per heavy atom. The lowest BCUT2D eigenvalue weighted by Gasteiger charge is -2.19. The van der Waals surface area contributed by atoms with Gasteiger partial charge in [0.25, 0.3) is 0 Å². The van der Waals surface area contributed by atoms with Gasteiger partial charge in [0.1, 0.15) is 0 Å².